The summed E-state index contributed by atoms with van der Waals surface area (Å²) in [6.45, 7) is 6.05. The second-order valence-corrected chi connectivity index (χ2v) is 4.06. The van der Waals surface area contributed by atoms with E-state index in [4.69, 9.17) is 10.5 Å². The molecule has 0 saturated carbocycles. The summed E-state index contributed by atoms with van der Waals surface area (Å²) < 4.78 is 5.36. The van der Waals surface area contributed by atoms with Gasteiger partial charge in [-0.2, -0.15) is 0 Å². The molecule has 0 radical (unpaired) electrons. The lowest BCUT2D eigenvalue weighted by Gasteiger charge is -2.28. The highest BCUT2D eigenvalue weighted by molar-refractivity contribution is 4.82. The molecule has 1 heterocycles. The fourth-order valence-electron chi connectivity index (χ4n) is 1.65. The van der Waals surface area contributed by atoms with Crippen LogP contribution in [-0.2, 0) is 4.74 Å². The van der Waals surface area contributed by atoms with Gasteiger partial charge in [0.2, 0.25) is 0 Å². The van der Waals surface area contributed by atoms with Crippen molar-refractivity contribution in [1.29, 1.82) is 0 Å². The van der Waals surface area contributed by atoms with Crippen LogP contribution >= 0.6 is 0 Å². The molecule has 0 aromatic carbocycles. The van der Waals surface area contributed by atoms with Crippen molar-refractivity contribution in [2.75, 3.05) is 13.2 Å². The van der Waals surface area contributed by atoms with Crippen LogP contribution in [0.2, 0.25) is 0 Å². The van der Waals surface area contributed by atoms with Gasteiger partial charge < -0.3 is 10.5 Å². The first-order valence-corrected chi connectivity index (χ1v) is 4.47. The van der Waals surface area contributed by atoms with Gasteiger partial charge in [0.1, 0.15) is 0 Å². The molecule has 1 aliphatic rings. The lowest BCUT2D eigenvalue weighted by molar-refractivity contribution is 0.137. The van der Waals surface area contributed by atoms with Crippen LogP contribution in [0, 0.1) is 5.92 Å². The van der Waals surface area contributed by atoms with E-state index in [9.17, 15) is 0 Å². The molecule has 0 bridgehead atoms. The van der Waals surface area contributed by atoms with Gasteiger partial charge in [0.25, 0.3) is 0 Å². The van der Waals surface area contributed by atoms with Crippen LogP contribution in [0.1, 0.15) is 33.1 Å². The number of ether oxygens (including phenoxy) is 1. The van der Waals surface area contributed by atoms with Crippen LogP contribution in [0.3, 0.4) is 0 Å². The number of hydrogen-bond acceptors (Lipinski definition) is 2. The Hall–Kier alpha value is -0.0800. The molecular weight excluding hydrogens is 138 g/mol. The third-order valence-electron chi connectivity index (χ3n) is 2.50. The Kier molecular flexibility index (Phi) is 2.90. The van der Waals surface area contributed by atoms with Crippen molar-refractivity contribution in [3.63, 3.8) is 0 Å². The van der Waals surface area contributed by atoms with Crippen molar-refractivity contribution in [3.8, 4) is 0 Å². The first kappa shape index (κ1) is 9.01. The fraction of sp³-hybridized carbons (Fsp3) is 1.00. The average Bonchev–Trinajstić information content (AvgIpc) is 2.10. The Balaban J connectivity index is 2.43. The van der Waals surface area contributed by atoms with Crippen molar-refractivity contribution in [2.24, 2.45) is 11.7 Å². The molecule has 2 nitrogen and oxygen atoms in total. The van der Waals surface area contributed by atoms with E-state index in [1.54, 1.807) is 0 Å². The highest BCUT2D eigenvalue weighted by Crippen LogP contribution is 2.24. The highest BCUT2D eigenvalue weighted by atomic mass is 16.5. The molecule has 0 aromatic heterocycles. The van der Waals surface area contributed by atoms with Crippen molar-refractivity contribution < 1.29 is 4.74 Å². The van der Waals surface area contributed by atoms with E-state index in [0.29, 0.717) is 5.92 Å². The van der Waals surface area contributed by atoms with Crippen molar-refractivity contribution in [2.45, 2.75) is 38.6 Å². The summed E-state index contributed by atoms with van der Waals surface area (Å²) in [5.74, 6) is 0.644. The molecule has 2 N–H and O–H groups in total. The number of hydrogen-bond donors (Lipinski definition) is 1. The highest BCUT2D eigenvalue weighted by Gasteiger charge is 2.25. The smallest absolute Gasteiger partial charge is 0.0469 e. The summed E-state index contributed by atoms with van der Waals surface area (Å²) in [7, 11) is 0. The molecule has 1 fully saturated rings. The Bertz CT molecular complexity index is 109. The van der Waals surface area contributed by atoms with Crippen LogP contribution in [0.25, 0.3) is 0 Å². The lowest BCUT2D eigenvalue weighted by atomic mass is 9.83. The predicted octanol–water partition coefficient (Wildman–Crippen LogP) is 1.54. The molecule has 1 saturated heterocycles. The Morgan fingerprint density at radius 3 is 2.64 bits per heavy atom. The summed E-state index contributed by atoms with van der Waals surface area (Å²) in [5.41, 5.74) is 6.00. The third-order valence-corrected chi connectivity index (χ3v) is 2.50. The predicted molar refractivity (Wildman–Crippen MR) is 46.4 cm³/mol. The first-order valence-electron chi connectivity index (χ1n) is 4.47. The molecule has 1 atom stereocenters. The van der Waals surface area contributed by atoms with Crippen molar-refractivity contribution in [1.82, 2.24) is 0 Å². The molecule has 0 amide bonds. The monoisotopic (exact) mass is 157 g/mol. The average molecular weight is 157 g/mol. The molecular formula is C9H19NO. The molecule has 0 aliphatic carbocycles. The van der Waals surface area contributed by atoms with E-state index < -0.39 is 0 Å². The van der Waals surface area contributed by atoms with Crippen LogP contribution in [-0.4, -0.2) is 18.8 Å². The first-order chi connectivity index (χ1) is 5.11. The van der Waals surface area contributed by atoms with Crippen molar-refractivity contribution >= 4 is 0 Å². The molecule has 0 aromatic rings. The van der Waals surface area contributed by atoms with Gasteiger partial charge in [0.15, 0.2) is 0 Å². The maximum atomic E-state index is 6.02. The molecule has 0 spiro atoms. The van der Waals surface area contributed by atoms with E-state index in [0.717, 1.165) is 19.6 Å². The summed E-state index contributed by atoms with van der Waals surface area (Å²) in [6, 6.07) is 0. The zero-order valence-corrected chi connectivity index (χ0v) is 7.60. The SMILES string of the molecule is CC(C)(N)C1CCCOCC1. The van der Waals surface area contributed by atoms with Crippen LogP contribution in [0.4, 0.5) is 0 Å². The van der Waals surface area contributed by atoms with Gasteiger partial charge in [-0.1, -0.05) is 0 Å². The maximum Gasteiger partial charge on any atom is 0.0469 e. The summed E-state index contributed by atoms with van der Waals surface area (Å²) >= 11 is 0. The Morgan fingerprint density at radius 1 is 1.27 bits per heavy atom. The van der Waals surface area contributed by atoms with Crippen LogP contribution in [0.15, 0.2) is 0 Å². The second kappa shape index (κ2) is 3.55. The molecule has 66 valence electrons. The van der Waals surface area contributed by atoms with Gasteiger partial charge in [0, 0.05) is 18.8 Å². The number of rotatable bonds is 1. The van der Waals surface area contributed by atoms with Gasteiger partial charge in [-0.05, 0) is 39.0 Å². The zero-order valence-electron chi connectivity index (χ0n) is 7.60. The van der Waals surface area contributed by atoms with Gasteiger partial charge in [0.05, 0.1) is 0 Å². The minimum absolute atomic E-state index is 0.0201. The van der Waals surface area contributed by atoms with Crippen LogP contribution < -0.4 is 5.73 Å². The third kappa shape index (κ3) is 2.80. The Morgan fingerprint density at radius 2 is 2.00 bits per heavy atom. The molecule has 1 aliphatic heterocycles. The largest absolute Gasteiger partial charge is 0.381 e. The Labute approximate surface area is 69.1 Å². The van der Waals surface area contributed by atoms with E-state index in [2.05, 4.69) is 13.8 Å². The van der Waals surface area contributed by atoms with E-state index in [1.165, 1.54) is 12.8 Å². The quantitative estimate of drug-likeness (QED) is 0.626. The van der Waals surface area contributed by atoms with Gasteiger partial charge in [-0.3, -0.25) is 0 Å². The lowest BCUT2D eigenvalue weighted by Crippen LogP contribution is -2.40. The van der Waals surface area contributed by atoms with E-state index >= 15 is 0 Å². The zero-order chi connectivity index (χ0) is 8.32. The number of nitrogens with two attached hydrogens (primary N) is 1. The van der Waals surface area contributed by atoms with Gasteiger partial charge >= 0.3 is 0 Å². The molecule has 11 heavy (non-hydrogen) atoms. The normalized spacial score (nSPS) is 28.1. The summed E-state index contributed by atoms with van der Waals surface area (Å²) in [6.07, 6.45) is 3.53. The topological polar surface area (TPSA) is 35.2 Å². The van der Waals surface area contributed by atoms with Crippen LogP contribution in [0.5, 0.6) is 0 Å². The van der Waals surface area contributed by atoms with E-state index in [-0.39, 0.29) is 5.54 Å². The second-order valence-electron chi connectivity index (χ2n) is 4.06. The minimum Gasteiger partial charge on any atom is -0.381 e. The van der Waals surface area contributed by atoms with Crippen molar-refractivity contribution in [3.05, 3.63) is 0 Å². The maximum absolute atomic E-state index is 6.02. The fourth-order valence-corrected chi connectivity index (χ4v) is 1.65. The standard InChI is InChI=1S/C9H19NO/c1-9(2,10)8-4-3-6-11-7-5-8/h8H,3-7,10H2,1-2H3. The van der Waals surface area contributed by atoms with E-state index in [1.807, 2.05) is 0 Å². The van der Waals surface area contributed by atoms with Gasteiger partial charge in [-0.15, -0.1) is 0 Å². The summed E-state index contributed by atoms with van der Waals surface area (Å²) in [4.78, 5) is 0. The molecule has 2 heteroatoms. The minimum atomic E-state index is -0.0201. The molecule has 1 unspecified atom stereocenters. The molecule has 1 rings (SSSR count). The summed E-state index contributed by atoms with van der Waals surface area (Å²) in [5, 5.41) is 0. The van der Waals surface area contributed by atoms with Gasteiger partial charge in [-0.25, -0.2) is 0 Å².